The second-order valence-electron chi connectivity index (χ2n) is 6.79. The minimum atomic E-state index is -2.77. The van der Waals surface area contributed by atoms with Crippen molar-refractivity contribution in [2.45, 2.75) is 27.7 Å². The summed E-state index contributed by atoms with van der Waals surface area (Å²) in [6, 6.07) is 13.0. The number of hydrogen-bond donors (Lipinski definition) is 0. The summed E-state index contributed by atoms with van der Waals surface area (Å²) >= 11 is -2.77. The molecule has 0 amide bonds. The molecule has 1 heterocycles. The van der Waals surface area contributed by atoms with E-state index in [1.54, 1.807) is 0 Å². The fourth-order valence-electron chi connectivity index (χ4n) is 2.83. The zero-order valence-electron chi connectivity index (χ0n) is 15.6. The number of aryl methyl sites for hydroxylation is 2. The molecule has 1 aliphatic carbocycles. The second kappa shape index (κ2) is 9.32. The van der Waals surface area contributed by atoms with Crippen molar-refractivity contribution in [1.82, 2.24) is 4.57 Å². The summed E-state index contributed by atoms with van der Waals surface area (Å²) < 4.78 is 21.7. The van der Waals surface area contributed by atoms with Gasteiger partial charge in [-0.1, -0.05) is 37.8 Å². The molecule has 1 nitrogen and oxygen atoms in total. The van der Waals surface area contributed by atoms with Gasteiger partial charge in [-0.2, -0.15) is 6.08 Å². The zero-order valence-corrected chi connectivity index (χ0v) is 18.0. The third-order valence-corrected chi connectivity index (χ3v) is 4.27. The quantitative estimate of drug-likeness (QED) is 0.377. The van der Waals surface area contributed by atoms with Crippen LogP contribution in [0.15, 0.2) is 67.0 Å². The van der Waals surface area contributed by atoms with Crippen LogP contribution in [0.25, 0.3) is 16.5 Å². The topological polar surface area (TPSA) is 4.93 Å². The van der Waals surface area contributed by atoms with Gasteiger partial charge in [0.25, 0.3) is 0 Å². The molecule has 0 aliphatic heterocycles. The summed E-state index contributed by atoms with van der Waals surface area (Å²) in [5.74, 6) is 0. The molecule has 1 aromatic heterocycles. The van der Waals surface area contributed by atoms with Crippen LogP contribution in [0, 0.1) is 25.3 Å². The predicted molar refractivity (Wildman–Crippen MR) is 101 cm³/mol. The summed E-state index contributed by atoms with van der Waals surface area (Å²) in [4.78, 5) is 0. The van der Waals surface area contributed by atoms with Gasteiger partial charge in [-0.3, -0.25) is 6.08 Å². The van der Waals surface area contributed by atoms with Crippen LogP contribution in [-0.4, -0.2) is 4.57 Å². The summed E-state index contributed by atoms with van der Waals surface area (Å²) in [5, 5.41) is 2.73. The molecule has 0 spiro atoms. The Morgan fingerprint density at radius 1 is 1.08 bits per heavy atom. The molecule has 1 aliphatic rings. The van der Waals surface area contributed by atoms with E-state index < -0.39 is 24.5 Å². The molecular formula is C22H23F2NZr. The molecule has 134 valence electrons. The molecule has 0 N–H and O–H groups in total. The van der Waals surface area contributed by atoms with Crippen LogP contribution >= 0.6 is 0 Å². The number of benzene rings is 1. The van der Waals surface area contributed by atoms with Crippen molar-refractivity contribution in [3.63, 3.8) is 0 Å². The van der Waals surface area contributed by atoms with Crippen LogP contribution in [0.4, 0.5) is 5.25 Å². The molecule has 26 heavy (non-hydrogen) atoms. The van der Waals surface area contributed by atoms with E-state index in [1.165, 1.54) is 27.6 Å². The zero-order chi connectivity index (χ0) is 19.2. The van der Waals surface area contributed by atoms with Crippen molar-refractivity contribution in [2.24, 2.45) is 5.41 Å². The second-order valence-corrected chi connectivity index (χ2v) is 7.14. The van der Waals surface area contributed by atoms with E-state index in [0.717, 1.165) is 0 Å². The number of fused-ring (bicyclic) bond motifs is 1. The van der Waals surface area contributed by atoms with Crippen LogP contribution in [0.1, 0.15) is 25.0 Å². The number of halogens is 2. The van der Waals surface area contributed by atoms with E-state index in [4.69, 9.17) is 0 Å². The fourth-order valence-corrected chi connectivity index (χ4v) is 2.83. The van der Waals surface area contributed by atoms with Crippen LogP contribution in [0.5, 0.6) is 0 Å². The van der Waals surface area contributed by atoms with E-state index >= 15 is 0 Å². The number of allylic oxidation sites excluding steroid dienone is 4. The first-order chi connectivity index (χ1) is 12.4. The predicted octanol–water partition coefficient (Wildman–Crippen LogP) is 6.75. The van der Waals surface area contributed by atoms with Crippen LogP contribution in [-0.2, 0) is 24.5 Å². The summed E-state index contributed by atoms with van der Waals surface area (Å²) in [7, 11) is 0. The normalized spacial score (nSPS) is 13.6. The molecule has 3 aromatic rings. The Morgan fingerprint density at radius 3 is 2.15 bits per heavy atom. The Bertz CT molecular complexity index is 833. The van der Waals surface area contributed by atoms with E-state index in [0.29, 0.717) is 0 Å². The van der Waals surface area contributed by atoms with Gasteiger partial charge < -0.3 is 4.57 Å². The summed E-state index contributed by atoms with van der Waals surface area (Å²) in [6.45, 7) is 8.60. The average Bonchev–Trinajstić information content (AvgIpc) is 3.32. The first kappa shape index (κ1) is 20.6. The van der Waals surface area contributed by atoms with Crippen molar-refractivity contribution in [3.05, 3.63) is 84.2 Å². The molecule has 0 fully saturated rings. The van der Waals surface area contributed by atoms with Crippen LogP contribution < -0.4 is 0 Å². The van der Waals surface area contributed by atoms with E-state index in [2.05, 4.69) is 93.2 Å². The van der Waals surface area contributed by atoms with E-state index in [1.807, 2.05) is 12.2 Å². The van der Waals surface area contributed by atoms with Crippen molar-refractivity contribution in [1.29, 1.82) is 0 Å². The van der Waals surface area contributed by atoms with Crippen LogP contribution in [0.3, 0.4) is 0 Å². The van der Waals surface area contributed by atoms with Gasteiger partial charge in [-0.15, -0.1) is 34.5 Å². The van der Waals surface area contributed by atoms with Gasteiger partial charge in [0, 0.05) is 12.4 Å². The van der Waals surface area contributed by atoms with Crippen molar-refractivity contribution in [2.75, 3.05) is 0 Å². The van der Waals surface area contributed by atoms with Gasteiger partial charge in [0.05, 0.1) is 0 Å². The third kappa shape index (κ3) is 5.41. The van der Waals surface area contributed by atoms with Gasteiger partial charge in [0.15, 0.2) is 0 Å². The van der Waals surface area contributed by atoms with Gasteiger partial charge >= 0.3 is 29.7 Å². The Kier molecular flexibility index (Phi) is 7.40. The monoisotopic (exact) mass is 429 g/mol. The molecule has 0 saturated carbocycles. The van der Waals surface area contributed by atoms with Crippen LogP contribution in [0.2, 0.25) is 0 Å². The first-order valence-electron chi connectivity index (χ1n) is 8.43. The van der Waals surface area contributed by atoms with E-state index in [9.17, 15) is 5.25 Å². The Labute approximate surface area is 167 Å². The van der Waals surface area contributed by atoms with Gasteiger partial charge in [-0.25, -0.2) is 12.2 Å². The average molecular weight is 431 g/mol. The summed E-state index contributed by atoms with van der Waals surface area (Å²) in [6.07, 6.45) is 13.4. The van der Waals surface area contributed by atoms with Crippen molar-refractivity contribution >= 4 is 10.8 Å². The third-order valence-electron chi connectivity index (χ3n) is 4.27. The maximum atomic E-state index is 9.80. The summed E-state index contributed by atoms with van der Waals surface area (Å²) in [5.41, 5.74) is 4.15. The number of nitrogens with zero attached hydrogens (tertiary/aromatic N) is 1. The Hall–Kier alpha value is -1.67. The van der Waals surface area contributed by atoms with Crippen molar-refractivity contribution < 1.29 is 29.7 Å². The molecule has 0 radical (unpaired) electrons. The number of rotatable bonds is 1. The number of aromatic nitrogens is 1. The standard InChI is InChI=1S/C15H14N.C7H9.2FH.Zr/c1-11-5-6-12(2)15-10-13(9-14(11)15)16-7-3-4-8-16;1-7(2)5-3-4-6-7;;;/h3-10H,1-2H3;3-5H,1-2H3;2*1H;/q2*-1;;;+4/p-2. The molecule has 4 rings (SSSR count). The molecule has 0 saturated heterocycles. The molecule has 0 bridgehead atoms. The maximum absolute atomic E-state index is 9.80. The Balaban J connectivity index is 0.000000203. The Morgan fingerprint density at radius 2 is 1.69 bits per heavy atom. The van der Waals surface area contributed by atoms with Crippen molar-refractivity contribution in [3.8, 4) is 5.69 Å². The van der Waals surface area contributed by atoms with Gasteiger partial charge in [0.2, 0.25) is 0 Å². The molecule has 2 aromatic carbocycles. The SMILES string of the molecule is CC1(C)[C-]=CC=C1.Cc1ccc(C)c2[cH-]c(-n3cccc3)cc12.[F][Zr+2][F]. The van der Waals surface area contributed by atoms with E-state index in [-0.39, 0.29) is 5.41 Å². The number of hydrogen-bond acceptors (Lipinski definition) is 0. The van der Waals surface area contributed by atoms with Gasteiger partial charge in [0.1, 0.15) is 0 Å². The first-order valence-corrected chi connectivity index (χ1v) is 10.3. The molecule has 0 atom stereocenters. The molecular weight excluding hydrogens is 407 g/mol. The fraction of sp³-hybridized carbons (Fsp3) is 0.227. The molecule has 4 heteroatoms. The minimum absolute atomic E-state index is 0.208. The molecule has 0 unspecified atom stereocenters. The van der Waals surface area contributed by atoms with Gasteiger partial charge in [-0.05, 0) is 24.7 Å².